The first-order valence-electron chi connectivity index (χ1n) is 30.7. The summed E-state index contributed by atoms with van der Waals surface area (Å²) in [5.74, 6) is 0.597. The fourth-order valence-electron chi connectivity index (χ4n) is 12.5. The van der Waals surface area contributed by atoms with Crippen LogP contribution in [-0.4, -0.2) is 0 Å². The molecule has 0 bridgehead atoms. The van der Waals surface area contributed by atoms with E-state index < -0.39 is 5.41 Å². The summed E-state index contributed by atoms with van der Waals surface area (Å²) in [5.41, 5.74) is 26.6. The van der Waals surface area contributed by atoms with Crippen molar-refractivity contribution in [3.8, 4) is 33.4 Å². The zero-order chi connectivity index (χ0) is 60.3. The molecule has 0 heterocycles. The van der Waals surface area contributed by atoms with Gasteiger partial charge >= 0.3 is 0 Å². The number of fused-ring (bicyclic) bond motifs is 7. The van der Waals surface area contributed by atoms with E-state index in [1.807, 2.05) is 36.4 Å². The molecule has 86 heavy (non-hydrogen) atoms. The van der Waals surface area contributed by atoms with Crippen molar-refractivity contribution in [3.05, 3.63) is 357 Å². The molecule has 1 aliphatic carbocycles. The molecule has 13 aromatic rings. The first-order chi connectivity index (χ1) is 41.7. The summed E-state index contributed by atoms with van der Waals surface area (Å²) < 4.78 is 0. The van der Waals surface area contributed by atoms with Crippen LogP contribution in [0.15, 0.2) is 279 Å². The van der Waals surface area contributed by atoms with Gasteiger partial charge in [-0.25, -0.2) is 0 Å². The van der Waals surface area contributed by atoms with Crippen molar-refractivity contribution >= 4 is 32.3 Å². The Morgan fingerprint density at radius 1 is 0.291 bits per heavy atom. The lowest BCUT2D eigenvalue weighted by Gasteiger charge is -2.35. The maximum absolute atomic E-state index is 2.47. The molecule has 0 atom stereocenters. The topological polar surface area (TPSA) is 0 Å². The highest BCUT2D eigenvalue weighted by molar-refractivity contribution is 6.06. The zero-order valence-electron chi connectivity index (χ0n) is 52.3. The van der Waals surface area contributed by atoms with Crippen LogP contribution in [0.1, 0.15) is 105 Å². The van der Waals surface area contributed by atoms with E-state index in [1.165, 1.54) is 144 Å². The van der Waals surface area contributed by atoms with Crippen molar-refractivity contribution in [2.24, 2.45) is 0 Å². The van der Waals surface area contributed by atoms with E-state index in [-0.39, 0.29) is 0 Å². The maximum Gasteiger partial charge on any atom is 0.0714 e. The van der Waals surface area contributed by atoms with E-state index in [0.29, 0.717) is 5.92 Å². The van der Waals surface area contributed by atoms with Gasteiger partial charge in [0.1, 0.15) is 0 Å². The average molecular weight is 1120 g/mol. The van der Waals surface area contributed by atoms with Crippen LogP contribution < -0.4 is 0 Å². The Morgan fingerprint density at radius 3 is 1.21 bits per heavy atom. The summed E-state index contributed by atoms with van der Waals surface area (Å²) in [6, 6.07) is 101. The van der Waals surface area contributed by atoms with Crippen molar-refractivity contribution in [1.29, 1.82) is 0 Å². The molecular weight excluding hydrogens is 1030 g/mol. The molecule has 0 N–H and O–H groups in total. The summed E-state index contributed by atoms with van der Waals surface area (Å²) in [6.45, 7) is 24.1. The lowest BCUT2D eigenvalue weighted by Crippen LogP contribution is -2.29. The number of hydrogen-bond acceptors (Lipinski definition) is 0. The first kappa shape index (κ1) is 59.8. The van der Waals surface area contributed by atoms with Crippen LogP contribution >= 0.6 is 0 Å². The van der Waals surface area contributed by atoms with Crippen molar-refractivity contribution in [1.82, 2.24) is 0 Å². The predicted octanol–water partition coefficient (Wildman–Crippen LogP) is 23.7. The molecule has 1 aliphatic rings. The standard InChI is InChI=1S/C39H28.C17H20.C16H18.2C7H8/c1-25-15-20-35-36(21-25)39(31-18-16-27-9-3-5-11-29(27)23-31,32-19-17-28-10-4-6-12-30(28)24-32)37-22-26(2)33-13-7-8-14-34(33)38(35)37;1-12(2)15-9-10-17(14(4)11-15)16-8-6-5-7-13(16)3;1-4-14-9-10-16(13(3)11-14)15-8-6-5-7-12(15)2;2*1-7-5-3-2-4-6-7/h3-24H,1-2H3;5-12H,1-4H3;5-11H,4H2,1-3H3;2*2-6H,1H3. The summed E-state index contributed by atoms with van der Waals surface area (Å²) in [7, 11) is 0. The van der Waals surface area contributed by atoms with Gasteiger partial charge in [-0.3, -0.25) is 0 Å². The second kappa shape index (κ2) is 27.1. The Balaban J connectivity index is 0.000000143. The minimum absolute atomic E-state index is 0.431. The van der Waals surface area contributed by atoms with E-state index in [2.05, 4.69) is 319 Å². The Bertz CT molecular complexity index is 4320. The van der Waals surface area contributed by atoms with Crippen molar-refractivity contribution in [2.45, 2.75) is 93.9 Å². The smallest absolute Gasteiger partial charge is 0.0622 e. The predicted molar refractivity (Wildman–Crippen MR) is 374 cm³/mol. The van der Waals surface area contributed by atoms with Gasteiger partial charge in [-0.2, -0.15) is 0 Å². The minimum atomic E-state index is -0.431. The molecule has 0 amide bonds. The molecule has 0 fully saturated rings. The van der Waals surface area contributed by atoms with Gasteiger partial charge in [0.05, 0.1) is 5.41 Å². The molecule has 0 aliphatic heterocycles. The van der Waals surface area contributed by atoms with Crippen LogP contribution in [0, 0.1) is 55.4 Å². The number of benzene rings is 13. The van der Waals surface area contributed by atoms with E-state index in [4.69, 9.17) is 0 Å². The Morgan fingerprint density at radius 2 is 0.733 bits per heavy atom. The van der Waals surface area contributed by atoms with Gasteiger partial charge < -0.3 is 0 Å². The summed E-state index contributed by atoms with van der Waals surface area (Å²) in [6.07, 6.45) is 1.11. The van der Waals surface area contributed by atoms with Crippen LogP contribution in [-0.2, 0) is 11.8 Å². The normalized spacial score (nSPS) is 11.7. The second-order valence-corrected chi connectivity index (χ2v) is 23.8. The lowest BCUT2D eigenvalue weighted by molar-refractivity contribution is 0.770. The fourth-order valence-corrected chi connectivity index (χ4v) is 12.5. The number of rotatable bonds is 6. The molecule has 13 aromatic carbocycles. The van der Waals surface area contributed by atoms with Crippen LogP contribution in [0.4, 0.5) is 0 Å². The van der Waals surface area contributed by atoms with E-state index in [0.717, 1.165) is 6.42 Å². The molecule has 0 nitrogen and oxygen atoms in total. The van der Waals surface area contributed by atoms with Crippen molar-refractivity contribution in [3.63, 3.8) is 0 Å². The summed E-state index contributed by atoms with van der Waals surface area (Å²) in [4.78, 5) is 0. The van der Waals surface area contributed by atoms with Gasteiger partial charge in [0.15, 0.2) is 0 Å². The second-order valence-electron chi connectivity index (χ2n) is 23.8. The Kier molecular flexibility index (Phi) is 18.9. The molecule has 0 heteroatoms. The van der Waals surface area contributed by atoms with Crippen LogP contribution in [0.5, 0.6) is 0 Å². The van der Waals surface area contributed by atoms with Gasteiger partial charge in [0, 0.05) is 0 Å². The maximum atomic E-state index is 2.47. The average Bonchev–Trinajstić information content (AvgIpc) is 1.52. The highest BCUT2D eigenvalue weighted by Gasteiger charge is 2.47. The molecule has 0 radical (unpaired) electrons. The summed E-state index contributed by atoms with van der Waals surface area (Å²) >= 11 is 0. The fraction of sp³-hybridized carbons (Fsp3) is 0.163. The third kappa shape index (κ3) is 13.0. The third-order valence-electron chi connectivity index (χ3n) is 17.2. The van der Waals surface area contributed by atoms with Gasteiger partial charge in [0.2, 0.25) is 0 Å². The van der Waals surface area contributed by atoms with Crippen LogP contribution in [0.25, 0.3) is 65.7 Å². The van der Waals surface area contributed by atoms with E-state index in [1.54, 1.807) is 0 Å². The quantitative estimate of drug-likeness (QED) is 0.156. The molecule has 0 unspecified atom stereocenters. The molecule has 0 saturated heterocycles. The van der Waals surface area contributed by atoms with E-state index in [9.17, 15) is 0 Å². The van der Waals surface area contributed by atoms with Gasteiger partial charge in [-0.1, -0.05) is 304 Å². The third-order valence-corrected chi connectivity index (χ3v) is 17.2. The van der Waals surface area contributed by atoms with Crippen LogP contribution in [0.2, 0.25) is 0 Å². The highest BCUT2D eigenvalue weighted by atomic mass is 14.5. The van der Waals surface area contributed by atoms with Crippen molar-refractivity contribution in [2.75, 3.05) is 0 Å². The number of hydrogen-bond donors (Lipinski definition) is 0. The molecule has 0 aromatic heterocycles. The van der Waals surface area contributed by atoms with Crippen LogP contribution in [0.3, 0.4) is 0 Å². The first-order valence-corrected chi connectivity index (χ1v) is 30.7. The highest BCUT2D eigenvalue weighted by Crippen LogP contribution is 2.59. The monoisotopic (exact) mass is 1110 g/mol. The van der Waals surface area contributed by atoms with Gasteiger partial charge in [-0.05, 0) is 207 Å². The Hall–Kier alpha value is -9.36. The zero-order valence-corrected chi connectivity index (χ0v) is 52.3. The SMILES string of the molecule is CCc1ccc(-c2ccccc2C)c(C)c1.Cc1ccc2c(c1)C(c1ccc3ccccc3c1)(c1ccc3ccccc3c1)c1cc(C)c3ccccc3c1-2.Cc1ccccc1.Cc1ccccc1.Cc1ccccc1-c1ccc(C(C)C)cc1C. The van der Waals surface area contributed by atoms with Gasteiger partial charge in [0.25, 0.3) is 0 Å². The van der Waals surface area contributed by atoms with Crippen molar-refractivity contribution < 1.29 is 0 Å². The molecule has 426 valence electrons. The molecule has 14 rings (SSSR count). The number of aryl methyl sites for hydroxylation is 9. The molecular formula is C86H82. The minimum Gasteiger partial charge on any atom is -0.0622 e. The Labute approximate surface area is 513 Å². The molecule has 0 saturated carbocycles. The summed E-state index contributed by atoms with van der Waals surface area (Å²) in [5, 5.41) is 7.75. The largest absolute Gasteiger partial charge is 0.0714 e. The lowest BCUT2D eigenvalue weighted by atomic mass is 9.66. The molecule has 0 spiro atoms. The van der Waals surface area contributed by atoms with E-state index >= 15 is 0 Å². The van der Waals surface area contributed by atoms with Gasteiger partial charge in [-0.15, -0.1) is 0 Å².